The lowest BCUT2D eigenvalue weighted by molar-refractivity contribution is 0.151. The van der Waals surface area contributed by atoms with E-state index >= 15 is 0 Å². The Balaban J connectivity index is 3.86. The van der Waals surface area contributed by atoms with Crippen LogP contribution in [-0.2, 0) is 17.6 Å². The molecule has 0 rings (SSSR count). The monoisotopic (exact) mass is 270 g/mol. The third-order valence-electron chi connectivity index (χ3n) is 1.99. The minimum atomic E-state index is -3.45. The third kappa shape index (κ3) is 8.59. The highest BCUT2D eigenvalue weighted by atomic mass is 32.1. The number of hydrogen-bond acceptors (Lipinski definition) is 5. The fourth-order valence-corrected chi connectivity index (χ4v) is 1.99. The fourth-order valence-electron chi connectivity index (χ4n) is 0.885. The molecule has 98 valence electrons. The maximum Gasteiger partial charge on any atom is 0.485 e. The SMILES string of the molecule is CC(C)CCOP(=O)(OS)OCCC(C)C. The van der Waals surface area contributed by atoms with Crippen molar-refractivity contribution < 1.29 is 17.6 Å². The molecule has 0 heterocycles. The Morgan fingerprint density at radius 3 is 1.62 bits per heavy atom. The van der Waals surface area contributed by atoms with Crippen molar-refractivity contribution >= 4 is 20.7 Å². The van der Waals surface area contributed by atoms with E-state index in [2.05, 4.69) is 44.6 Å². The normalized spacial score (nSPS) is 12.7. The van der Waals surface area contributed by atoms with Crippen molar-refractivity contribution in [1.29, 1.82) is 0 Å². The molecule has 0 aliphatic heterocycles. The van der Waals surface area contributed by atoms with Crippen LogP contribution in [-0.4, -0.2) is 13.2 Å². The lowest BCUT2D eigenvalue weighted by Crippen LogP contribution is -2.03. The van der Waals surface area contributed by atoms with Crippen molar-refractivity contribution in [3.8, 4) is 0 Å². The standard InChI is InChI=1S/C10H23O4PS/c1-9(2)5-7-12-15(11,14-16)13-8-6-10(3)4/h9-10,16H,5-8H2,1-4H3. The minimum Gasteiger partial charge on any atom is -0.286 e. The summed E-state index contributed by atoms with van der Waals surface area (Å²) < 4.78 is 26.5. The molecule has 0 bridgehead atoms. The highest BCUT2D eigenvalue weighted by Gasteiger charge is 2.25. The summed E-state index contributed by atoms with van der Waals surface area (Å²) in [5.74, 6) is 0.980. The van der Waals surface area contributed by atoms with Gasteiger partial charge in [0.2, 0.25) is 0 Å². The van der Waals surface area contributed by atoms with Crippen LogP contribution in [0.15, 0.2) is 0 Å². The zero-order valence-electron chi connectivity index (χ0n) is 10.5. The van der Waals surface area contributed by atoms with E-state index < -0.39 is 7.82 Å². The first-order valence-electron chi connectivity index (χ1n) is 5.62. The molecular weight excluding hydrogens is 247 g/mol. The predicted molar refractivity (Wildman–Crippen MR) is 68.5 cm³/mol. The van der Waals surface area contributed by atoms with E-state index in [0.717, 1.165) is 12.8 Å². The van der Waals surface area contributed by atoms with E-state index in [1.807, 2.05) is 0 Å². The van der Waals surface area contributed by atoms with Gasteiger partial charge < -0.3 is 0 Å². The second-order valence-electron chi connectivity index (χ2n) is 4.56. The van der Waals surface area contributed by atoms with Crippen LogP contribution in [0.3, 0.4) is 0 Å². The number of rotatable bonds is 9. The molecule has 0 aliphatic carbocycles. The Bertz CT molecular complexity index is 203. The Morgan fingerprint density at radius 2 is 1.38 bits per heavy atom. The summed E-state index contributed by atoms with van der Waals surface area (Å²) in [7, 11) is -3.45. The van der Waals surface area contributed by atoms with E-state index in [4.69, 9.17) is 9.05 Å². The summed E-state index contributed by atoms with van der Waals surface area (Å²) >= 11 is 3.54. The molecule has 16 heavy (non-hydrogen) atoms. The van der Waals surface area contributed by atoms with Crippen LogP contribution in [0.1, 0.15) is 40.5 Å². The zero-order valence-corrected chi connectivity index (χ0v) is 12.3. The molecule has 0 aromatic heterocycles. The van der Waals surface area contributed by atoms with E-state index in [1.54, 1.807) is 0 Å². The largest absolute Gasteiger partial charge is 0.485 e. The van der Waals surface area contributed by atoms with Gasteiger partial charge in [0.05, 0.1) is 13.2 Å². The van der Waals surface area contributed by atoms with Crippen LogP contribution in [0, 0.1) is 11.8 Å². The smallest absolute Gasteiger partial charge is 0.286 e. The molecule has 0 aliphatic rings. The van der Waals surface area contributed by atoms with Crippen molar-refractivity contribution in [2.75, 3.05) is 13.2 Å². The highest BCUT2D eigenvalue weighted by molar-refractivity contribution is 7.80. The molecule has 0 spiro atoms. The summed E-state index contributed by atoms with van der Waals surface area (Å²) in [6.45, 7) is 8.98. The molecule has 0 fully saturated rings. The molecule has 4 nitrogen and oxygen atoms in total. The van der Waals surface area contributed by atoms with Crippen LogP contribution in [0.2, 0.25) is 0 Å². The van der Waals surface area contributed by atoms with Crippen LogP contribution < -0.4 is 0 Å². The molecule has 0 aromatic rings. The van der Waals surface area contributed by atoms with E-state index in [0.29, 0.717) is 25.0 Å². The molecule has 0 unspecified atom stereocenters. The maximum absolute atomic E-state index is 11.8. The van der Waals surface area contributed by atoms with Crippen LogP contribution in [0.25, 0.3) is 0 Å². The van der Waals surface area contributed by atoms with Crippen LogP contribution in [0.4, 0.5) is 0 Å². The van der Waals surface area contributed by atoms with Crippen molar-refractivity contribution in [2.45, 2.75) is 40.5 Å². The molecule has 0 amide bonds. The van der Waals surface area contributed by atoms with Gasteiger partial charge in [-0.2, -0.15) is 0 Å². The number of phosphoric acid groups is 1. The maximum atomic E-state index is 11.8. The van der Waals surface area contributed by atoms with Gasteiger partial charge in [-0.05, 0) is 37.6 Å². The Hall–Kier alpha value is 0.460. The molecule has 0 radical (unpaired) electrons. The van der Waals surface area contributed by atoms with E-state index in [-0.39, 0.29) is 0 Å². The second-order valence-corrected chi connectivity index (χ2v) is 6.62. The molecule has 0 atom stereocenters. The summed E-state index contributed by atoms with van der Waals surface area (Å²) in [5.41, 5.74) is 0. The minimum absolute atomic E-state index is 0.358. The molecule has 0 saturated carbocycles. The molecular formula is C10H23O4PS. The van der Waals surface area contributed by atoms with Crippen molar-refractivity contribution in [3.63, 3.8) is 0 Å². The van der Waals surface area contributed by atoms with Crippen molar-refractivity contribution in [1.82, 2.24) is 0 Å². The summed E-state index contributed by atoms with van der Waals surface area (Å²) in [6, 6.07) is 0. The second kappa shape index (κ2) is 8.54. The number of thiol groups is 1. The average molecular weight is 270 g/mol. The fraction of sp³-hybridized carbons (Fsp3) is 1.00. The number of hydrogen-bond donors (Lipinski definition) is 1. The molecule has 0 aromatic carbocycles. The summed E-state index contributed by atoms with van der Waals surface area (Å²) in [4.78, 5) is 0. The Labute approximate surface area is 104 Å². The van der Waals surface area contributed by atoms with E-state index in [9.17, 15) is 4.57 Å². The zero-order chi connectivity index (χ0) is 12.6. The van der Waals surface area contributed by atoms with Crippen molar-refractivity contribution in [2.24, 2.45) is 11.8 Å². The van der Waals surface area contributed by atoms with Gasteiger partial charge in [-0.3, -0.25) is 9.05 Å². The lowest BCUT2D eigenvalue weighted by atomic mass is 10.2. The van der Waals surface area contributed by atoms with E-state index in [1.165, 1.54) is 0 Å². The van der Waals surface area contributed by atoms with Gasteiger partial charge in [-0.1, -0.05) is 27.7 Å². The lowest BCUT2D eigenvalue weighted by Gasteiger charge is -2.16. The highest BCUT2D eigenvalue weighted by Crippen LogP contribution is 2.50. The quantitative estimate of drug-likeness (QED) is 0.389. The average Bonchev–Trinajstić information content (AvgIpc) is 2.16. The number of phosphoric ester groups is 1. The molecule has 0 N–H and O–H groups in total. The van der Waals surface area contributed by atoms with Gasteiger partial charge in [0, 0.05) is 0 Å². The summed E-state index contributed by atoms with van der Waals surface area (Å²) in [5, 5.41) is 0. The van der Waals surface area contributed by atoms with Crippen molar-refractivity contribution in [3.05, 3.63) is 0 Å². The first-order chi connectivity index (χ1) is 7.39. The molecule has 0 saturated heterocycles. The van der Waals surface area contributed by atoms with Gasteiger partial charge in [0.25, 0.3) is 0 Å². The van der Waals surface area contributed by atoms with Crippen LogP contribution in [0.5, 0.6) is 0 Å². The molecule has 6 heteroatoms. The topological polar surface area (TPSA) is 44.8 Å². The van der Waals surface area contributed by atoms with Gasteiger partial charge in [0.15, 0.2) is 0 Å². The van der Waals surface area contributed by atoms with Gasteiger partial charge >= 0.3 is 7.82 Å². The first-order valence-corrected chi connectivity index (χ1v) is 7.44. The van der Waals surface area contributed by atoms with Gasteiger partial charge in [0.1, 0.15) is 0 Å². The third-order valence-corrected chi connectivity index (χ3v) is 3.79. The van der Waals surface area contributed by atoms with Crippen LogP contribution >= 0.6 is 20.7 Å². The Kier molecular flexibility index (Phi) is 8.78. The Morgan fingerprint density at radius 1 is 1.00 bits per heavy atom. The summed E-state index contributed by atoms with van der Waals surface area (Å²) in [6.07, 6.45) is 1.63. The van der Waals surface area contributed by atoms with Gasteiger partial charge in [-0.25, -0.2) is 8.54 Å². The predicted octanol–water partition coefficient (Wildman–Crippen LogP) is 4.08. The first kappa shape index (κ1) is 16.5. The van der Waals surface area contributed by atoms with Gasteiger partial charge in [-0.15, -0.1) is 0 Å².